The third-order valence-corrected chi connectivity index (χ3v) is 3.82. The van der Waals surface area contributed by atoms with Gasteiger partial charge in [0, 0.05) is 18.8 Å². The molecule has 0 radical (unpaired) electrons. The van der Waals surface area contributed by atoms with E-state index in [1.54, 1.807) is 17.5 Å². The molecule has 3 nitrogen and oxygen atoms in total. The van der Waals surface area contributed by atoms with Gasteiger partial charge in [-0.15, -0.1) is 11.3 Å². The van der Waals surface area contributed by atoms with E-state index in [2.05, 4.69) is 0 Å². The Kier molecular flexibility index (Phi) is 4.16. The molecular weight excluding hydrogens is 265 g/mol. The maximum absolute atomic E-state index is 12.9. The molecule has 1 aromatic heterocycles. The highest BCUT2D eigenvalue weighted by Gasteiger charge is 2.14. The molecule has 0 aliphatic heterocycles. The predicted octanol–water partition coefficient (Wildman–Crippen LogP) is 3.61. The van der Waals surface area contributed by atoms with Gasteiger partial charge in [-0.1, -0.05) is 0 Å². The van der Waals surface area contributed by atoms with Crippen LogP contribution in [0.25, 0.3) is 0 Å². The van der Waals surface area contributed by atoms with Gasteiger partial charge in [-0.3, -0.25) is 0 Å². The van der Waals surface area contributed by atoms with Crippen LogP contribution in [0.4, 0.5) is 10.1 Å². The van der Waals surface area contributed by atoms with Crippen molar-refractivity contribution < 1.29 is 14.3 Å². The quantitative estimate of drug-likeness (QED) is 0.909. The Labute approximate surface area is 114 Å². The zero-order valence-electron chi connectivity index (χ0n) is 10.5. The molecule has 0 saturated carbocycles. The van der Waals surface area contributed by atoms with Crippen molar-refractivity contribution in [2.24, 2.45) is 0 Å². The first-order valence-corrected chi connectivity index (χ1v) is 6.80. The number of carboxylic acid groups (broad SMARTS) is 1. The fraction of sp³-hybridized carbons (Fsp3) is 0.214. The zero-order chi connectivity index (χ0) is 13.8. The van der Waals surface area contributed by atoms with Crippen molar-refractivity contribution in [2.75, 3.05) is 11.4 Å². The maximum Gasteiger partial charge on any atom is 0.346 e. The minimum atomic E-state index is -0.903. The number of hydrogen-bond acceptors (Lipinski definition) is 3. The second kappa shape index (κ2) is 5.84. The number of nitrogens with zero attached hydrogens (tertiary/aromatic N) is 1. The lowest BCUT2D eigenvalue weighted by molar-refractivity contribution is 0.0701. The average Bonchev–Trinajstić information content (AvgIpc) is 2.85. The normalized spacial score (nSPS) is 10.4. The van der Waals surface area contributed by atoms with E-state index >= 15 is 0 Å². The maximum atomic E-state index is 12.9. The summed E-state index contributed by atoms with van der Waals surface area (Å²) in [5, 5.41) is 10.9. The summed E-state index contributed by atoms with van der Waals surface area (Å²) < 4.78 is 12.9. The first-order valence-electron chi connectivity index (χ1n) is 5.92. The van der Waals surface area contributed by atoms with Crippen molar-refractivity contribution in [3.05, 3.63) is 52.0 Å². The third kappa shape index (κ3) is 3.12. The van der Waals surface area contributed by atoms with Crippen LogP contribution in [0.1, 0.15) is 22.2 Å². The van der Waals surface area contributed by atoms with Crippen LogP contribution in [0.2, 0.25) is 0 Å². The highest BCUT2D eigenvalue weighted by Crippen LogP contribution is 2.22. The summed E-state index contributed by atoms with van der Waals surface area (Å²) in [5.74, 6) is -1.18. The van der Waals surface area contributed by atoms with Crippen molar-refractivity contribution in [3.63, 3.8) is 0 Å². The van der Waals surface area contributed by atoms with E-state index in [9.17, 15) is 9.18 Å². The lowest BCUT2D eigenvalue weighted by Gasteiger charge is -2.23. The molecule has 0 saturated heterocycles. The third-order valence-electron chi connectivity index (χ3n) is 2.88. The first kappa shape index (κ1) is 13.5. The minimum absolute atomic E-state index is 0.276. The van der Waals surface area contributed by atoms with Crippen molar-refractivity contribution in [2.45, 2.75) is 13.5 Å². The zero-order valence-corrected chi connectivity index (χ0v) is 11.3. The number of carboxylic acids is 1. The number of carbonyl (C=O) groups is 1. The van der Waals surface area contributed by atoms with Gasteiger partial charge in [0.25, 0.3) is 0 Å². The SMILES string of the molecule is CCN(Cc1ccsc1C(=O)O)c1ccc(F)cc1. The highest BCUT2D eigenvalue weighted by atomic mass is 32.1. The number of hydrogen-bond donors (Lipinski definition) is 1. The van der Waals surface area contributed by atoms with Crippen LogP contribution in [0, 0.1) is 5.82 Å². The van der Waals surface area contributed by atoms with Crippen LogP contribution in [0.5, 0.6) is 0 Å². The Morgan fingerprint density at radius 3 is 2.58 bits per heavy atom. The van der Waals surface area contributed by atoms with E-state index in [4.69, 9.17) is 5.11 Å². The minimum Gasteiger partial charge on any atom is -0.477 e. The lowest BCUT2D eigenvalue weighted by Crippen LogP contribution is -2.22. The second-order valence-electron chi connectivity index (χ2n) is 4.07. The summed E-state index contributed by atoms with van der Waals surface area (Å²) in [5.41, 5.74) is 1.66. The Morgan fingerprint density at radius 2 is 2.00 bits per heavy atom. The molecule has 0 amide bonds. The Morgan fingerprint density at radius 1 is 1.32 bits per heavy atom. The first-order chi connectivity index (χ1) is 9.11. The van der Waals surface area contributed by atoms with Crippen LogP contribution in [-0.2, 0) is 6.54 Å². The second-order valence-corrected chi connectivity index (χ2v) is 4.99. The average molecular weight is 279 g/mol. The number of halogens is 1. The molecular formula is C14H14FNO2S. The molecule has 1 N–H and O–H groups in total. The summed E-state index contributed by atoms with van der Waals surface area (Å²) in [6.07, 6.45) is 0. The van der Waals surface area contributed by atoms with Crippen molar-refractivity contribution >= 4 is 23.0 Å². The molecule has 100 valence electrons. The number of thiophene rings is 1. The Bertz CT molecular complexity index is 565. The van der Waals surface area contributed by atoms with E-state index in [1.807, 2.05) is 17.9 Å². The molecule has 0 bridgehead atoms. The van der Waals surface area contributed by atoms with E-state index in [0.717, 1.165) is 17.8 Å². The molecule has 0 spiro atoms. The molecule has 0 atom stereocenters. The van der Waals surface area contributed by atoms with Gasteiger partial charge in [-0.05, 0) is 48.2 Å². The summed E-state index contributed by atoms with van der Waals surface area (Å²) in [6.45, 7) is 3.21. The highest BCUT2D eigenvalue weighted by molar-refractivity contribution is 7.12. The molecule has 1 heterocycles. The van der Waals surface area contributed by atoms with Crippen LogP contribution in [0.3, 0.4) is 0 Å². The van der Waals surface area contributed by atoms with Crippen LogP contribution in [0.15, 0.2) is 35.7 Å². The van der Waals surface area contributed by atoms with Crippen LogP contribution >= 0.6 is 11.3 Å². The summed E-state index contributed by atoms with van der Waals surface area (Å²) in [7, 11) is 0. The summed E-state index contributed by atoms with van der Waals surface area (Å²) >= 11 is 1.22. The topological polar surface area (TPSA) is 40.5 Å². The molecule has 2 rings (SSSR count). The predicted molar refractivity (Wildman–Crippen MR) is 74.4 cm³/mol. The standard InChI is InChI=1S/C14H14FNO2S/c1-2-16(12-5-3-11(15)4-6-12)9-10-7-8-19-13(10)14(17)18/h3-8H,2,9H2,1H3,(H,17,18). The van der Waals surface area contributed by atoms with Gasteiger partial charge in [0.15, 0.2) is 0 Å². The van der Waals surface area contributed by atoms with E-state index in [-0.39, 0.29) is 5.82 Å². The van der Waals surface area contributed by atoms with Crippen molar-refractivity contribution in [1.82, 2.24) is 0 Å². The smallest absolute Gasteiger partial charge is 0.346 e. The van der Waals surface area contributed by atoms with E-state index in [1.165, 1.54) is 23.5 Å². The van der Waals surface area contributed by atoms with Gasteiger partial charge in [0.2, 0.25) is 0 Å². The molecule has 19 heavy (non-hydrogen) atoms. The molecule has 5 heteroatoms. The van der Waals surface area contributed by atoms with Crippen LogP contribution < -0.4 is 4.90 Å². The number of rotatable bonds is 5. The van der Waals surface area contributed by atoms with Crippen LogP contribution in [-0.4, -0.2) is 17.6 Å². The van der Waals surface area contributed by atoms with Crippen molar-refractivity contribution in [3.8, 4) is 0 Å². The molecule has 2 aromatic rings. The van der Waals surface area contributed by atoms with Gasteiger partial charge in [-0.25, -0.2) is 9.18 Å². The number of benzene rings is 1. The molecule has 0 fully saturated rings. The van der Waals surface area contributed by atoms with Gasteiger partial charge < -0.3 is 10.0 Å². The van der Waals surface area contributed by atoms with Crippen molar-refractivity contribution in [1.29, 1.82) is 0 Å². The van der Waals surface area contributed by atoms with Gasteiger partial charge in [-0.2, -0.15) is 0 Å². The summed E-state index contributed by atoms with van der Waals surface area (Å²) in [6, 6.07) is 8.03. The van der Waals surface area contributed by atoms with Gasteiger partial charge in [0.05, 0.1) is 0 Å². The summed E-state index contributed by atoms with van der Waals surface area (Å²) in [4.78, 5) is 13.4. The largest absolute Gasteiger partial charge is 0.477 e. The molecule has 0 aliphatic carbocycles. The van der Waals surface area contributed by atoms with E-state index in [0.29, 0.717) is 11.4 Å². The van der Waals surface area contributed by atoms with E-state index < -0.39 is 5.97 Å². The Hall–Kier alpha value is -1.88. The fourth-order valence-electron chi connectivity index (χ4n) is 1.89. The fourth-order valence-corrected chi connectivity index (χ4v) is 2.64. The molecule has 0 unspecified atom stereocenters. The molecule has 1 aromatic carbocycles. The van der Waals surface area contributed by atoms with Gasteiger partial charge >= 0.3 is 5.97 Å². The number of anilines is 1. The van der Waals surface area contributed by atoms with Gasteiger partial charge in [0.1, 0.15) is 10.7 Å². The molecule has 0 aliphatic rings. The monoisotopic (exact) mass is 279 g/mol. The Balaban J connectivity index is 2.21. The number of aromatic carboxylic acids is 1. The lowest BCUT2D eigenvalue weighted by atomic mass is 10.2.